The molecule has 1 saturated heterocycles. The lowest BCUT2D eigenvalue weighted by Gasteiger charge is -2.15. The van der Waals surface area contributed by atoms with E-state index >= 15 is 0 Å². The smallest absolute Gasteiger partial charge is 0.186 e. The predicted molar refractivity (Wildman–Crippen MR) is 70.5 cm³/mol. The zero-order valence-corrected chi connectivity index (χ0v) is 11.5. The quantitative estimate of drug-likeness (QED) is 0.583. The highest BCUT2D eigenvalue weighted by atomic mass is 16.6. The molecule has 21 heavy (non-hydrogen) atoms. The number of anilines is 1. The molecule has 3 heterocycles. The maximum absolute atomic E-state index is 10.0. The molecule has 0 radical (unpaired) electrons. The van der Waals surface area contributed by atoms with Crippen molar-refractivity contribution in [2.45, 2.75) is 24.5 Å². The van der Waals surface area contributed by atoms with Crippen LogP contribution >= 0.6 is 0 Å². The number of hydrogen-bond donors (Lipinski definition) is 3. The van der Waals surface area contributed by atoms with Gasteiger partial charge in [0.1, 0.15) is 24.6 Å². The van der Waals surface area contributed by atoms with Gasteiger partial charge in [-0.15, -0.1) is 5.10 Å². The molecule has 4 atom stereocenters. The molecule has 0 aromatic carbocycles. The molecule has 0 aliphatic carbocycles. The molecule has 0 saturated carbocycles. The van der Waals surface area contributed by atoms with Crippen LogP contribution in [0.5, 0.6) is 0 Å². The highest BCUT2D eigenvalue weighted by molar-refractivity contribution is 5.82. The normalized spacial score (nSPS) is 29.2. The van der Waals surface area contributed by atoms with Gasteiger partial charge in [-0.05, 0) is 0 Å². The molecule has 10 heteroatoms. The molecule has 0 bridgehead atoms. The Hall–Kier alpha value is -1.88. The SMILES string of the molecule is CN(C)c1ncnc2c1nnn2[C@@H]1O[C@@H](CO)[C@@H](O)[C@H]1O. The molecule has 1 aliphatic heterocycles. The third-order valence-electron chi connectivity index (χ3n) is 3.42. The van der Waals surface area contributed by atoms with E-state index in [2.05, 4.69) is 20.3 Å². The number of fused-ring (bicyclic) bond motifs is 1. The van der Waals surface area contributed by atoms with E-state index in [1.165, 1.54) is 11.0 Å². The summed E-state index contributed by atoms with van der Waals surface area (Å²) >= 11 is 0. The number of aliphatic hydroxyl groups is 3. The van der Waals surface area contributed by atoms with Crippen molar-refractivity contribution < 1.29 is 20.1 Å². The van der Waals surface area contributed by atoms with Crippen molar-refractivity contribution in [1.29, 1.82) is 0 Å². The van der Waals surface area contributed by atoms with E-state index in [0.717, 1.165) is 0 Å². The first-order chi connectivity index (χ1) is 10.0. The van der Waals surface area contributed by atoms with Gasteiger partial charge in [-0.3, -0.25) is 0 Å². The largest absolute Gasteiger partial charge is 0.394 e. The van der Waals surface area contributed by atoms with Gasteiger partial charge >= 0.3 is 0 Å². The van der Waals surface area contributed by atoms with Crippen molar-refractivity contribution >= 4 is 17.0 Å². The van der Waals surface area contributed by atoms with Crippen molar-refractivity contribution in [2.75, 3.05) is 25.6 Å². The second-order valence-electron chi connectivity index (χ2n) is 5.03. The van der Waals surface area contributed by atoms with Crippen LogP contribution in [0.25, 0.3) is 11.2 Å². The van der Waals surface area contributed by atoms with Crippen molar-refractivity contribution in [2.24, 2.45) is 0 Å². The number of rotatable bonds is 3. The maximum atomic E-state index is 10.0. The van der Waals surface area contributed by atoms with Gasteiger partial charge in [0.15, 0.2) is 23.2 Å². The van der Waals surface area contributed by atoms with Crippen LogP contribution in [0.1, 0.15) is 6.23 Å². The Balaban J connectivity index is 2.04. The first-order valence-corrected chi connectivity index (χ1v) is 6.40. The van der Waals surface area contributed by atoms with Crippen LogP contribution in [0.3, 0.4) is 0 Å². The third-order valence-corrected chi connectivity index (χ3v) is 3.42. The Labute approximate surface area is 119 Å². The number of nitrogens with zero attached hydrogens (tertiary/aromatic N) is 6. The van der Waals surface area contributed by atoms with E-state index in [0.29, 0.717) is 17.0 Å². The minimum Gasteiger partial charge on any atom is -0.394 e. The average Bonchev–Trinajstić information content (AvgIpc) is 3.01. The summed E-state index contributed by atoms with van der Waals surface area (Å²) in [7, 11) is 3.63. The molecule has 1 fully saturated rings. The lowest BCUT2D eigenvalue weighted by Crippen LogP contribution is -2.33. The van der Waals surface area contributed by atoms with E-state index in [-0.39, 0.29) is 0 Å². The van der Waals surface area contributed by atoms with Crippen molar-refractivity contribution in [3.63, 3.8) is 0 Å². The van der Waals surface area contributed by atoms with E-state index in [9.17, 15) is 10.2 Å². The summed E-state index contributed by atoms with van der Waals surface area (Å²) < 4.78 is 6.71. The van der Waals surface area contributed by atoms with Gasteiger partial charge in [0.25, 0.3) is 0 Å². The standard InChI is InChI=1S/C11H16N6O4/c1-16(2)9-6-10(13-4-12-9)17(15-14-6)11-8(20)7(19)5(3-18)21-11/h4-5,7-8,11,18-20H,3H2,1-2H3/t5-,7+,8+,11+/m0/s1. The van der Waals surface area contributed by atoms with E-state index < -0.39 is 31.1 Å². The van der Waals surface area contributed by atoms with Gasteiger partial charge in [-0.2, -0.15) is 4.68 Å². The fourth-order valence-corrected chi connectivity index (χ4v) is 2.33. The molecule has 10 nitrogen and oxygen atoms in total. The van der Waals surface area contributed by atoms with E-state index in [1.807, 2.05) is 14.1 Å². The summed E-state index contributed by atoms with van der Waals surface area (Å²) in [6.07, 6.45) is -2.91. The summed E-state index contributed by atoms with van der Waals surface area (Å²) in [4.78, 5) is 9.99. The second kappa shape index (κ2) is 5.15. The van der Waals surface area contributed by atoms with Gasteiger partial charge in [0, 0.05) is 14.1 Å². The zero-order chi connectivity index (χ0) is 15.1. The Morgan fingerprint density at radius 2 is 2.05 bits per heavy atom. The molecule has 2 aromatic rings. The van der Waals surface area contributed by atoms with Crippen molar-refractivity contribution in [1.82, 2.24) is 25.0 Å². The number of ether oxygens (including phenoxy) is 1. The molecule has 0 amide bonds. The lowest BCUT2D eigenvalue weighted by molar-refractivity contribution is -0.0574. The van der Waals surface area contributed by atoms with E-state index in [1.54, 1.807) is 4.90 Å². The van der Waals surface area contributed by atoms with Gasteiger partial charge in [0.2, 0.25) is 0 Å². The first-order valence-electron chi connectivity index (χ1n) is 6.40. The Morgan fingerprint density at radius 1 is 1.29 bits per heavy atom. The predicted octanol–water partition coefficient (Wildman–Crippen LogP) is -2.10. The maximum Gasteiger partial charge on any atom is 0.186 e. The molecule has 2 aromatic heterocycles. The molecule has 1 aliphatic rings. The molecule has 114 valence electrons. The molecular formula is C11H16N6O4. The summed E-state index contributed by atoms with van der Waals surface area (Å²) in [5, 5.41) is 36.9. The monoisotopic (exact) mass is 296 g/mol. The highest BCUT2D eigenvalue weighted by Crippen LogP contribution is 2.31. The fourth-order valence-electron chi connectivity index (χ4n) is 2.33. The van der Waals surface area contributed by atoms with Gasteiger partial charge in [0.05, 0.1) is 6.61 Å². The van der Waals surface area contributed by atoms with Crippen LogP contribution in [-0.2, 0) is 4.74 Å². The van der Waals surface area contributed by atoms with Gasteiger partial charge in [-0.25, -0.2) is 9.97 Å². The van der Waals surface area contributed by atoms with Crippen LogP contribution in [0, 0.1) is 0 Å². The highest BCUT2D eigenvalue weighted by Gasteiger charge is 2.44. The Morgan fingerprint density at radius 3 is 2.67 bits per heavy atom. The van der Waals surface area contributed by atoms with Crippen LogP contribution in [0.2, 0.25) is 0 Å². The van der Waals surface area contributed by atoms with Crippen LogP contribution < -0.4 is 4.90 Å². The summed E-state index contributed by atoms with van der Waals surface area (Å²) in [6.45, 7) is -0.403. The second-order valence-corrected chi connectivity index (χ2v) is 5.03. The molecule has 0 unspecified atom stereocenters. The minimum atomic E-state index is -1.23. The average molecular weight is 296 g/mol. The third kappa shape index (κ3) is 2.12. The van der Waals surface area contributed by atoms with Gasteiger partial charge in [-0.1, -0.05) is 5.21 Å². The topological polar surface area (TPSA) is 130 Å². The van der Waals surface area contributed by atoms with Crippen molar-refractivity contribution in [3.8, 4) is 0 Å². The van der Waals surface area contributed by atoms with Gasteiger partial charge < -0.3 is 25.0 Å². The Bertz CT molecular complexity index is 647. The summed E-state index contributed by atoms with van der Waals surface area (Å²) in [5.41, 5.74) is 0.837. The minimum absolute atomic E-state index is 0.378. The van der Waals surface area contributed by atoms with Crippen molar-refractivity contribution in [3.05, 3.63) is 6.33 Å². The number of aliphatic hydroxyl groups excluding tert-OH is 3. The van der Waals surface area contributed by atoms with Crippen LogP contribution in [-0.4, -0.2) is 79.3 Å². The fraction of sp³-hybridized carbons (Fsp3) is 0.636. The molecule has 3 rings (SSSR count). The summed E-state index contributed by atoms with van der Waals surface area (Å²) in [6, 6.07) is 0. The lowest BCUT2D eigenvalue weighted by atomic mass is 10.1. The first kappa shape index (κ1) is 14.1. The number of aromatic nitrogens is 5. The summed E-state index contributed by atoms with van der Waals surface area (Å²) in [5.74, 6) is 0.581. The van der Waals surface area contributed by atoms with E-state index in [4.69, 9.17) is 9.84 Å². The Kier molecular flexibility index (Phi) is 3.45. The number of hydrogen-bond acceptors (Lipinski definition) is 9. The zero-order valence-electron chi connectivity index (χ0n) is 11.5. The molecule has 3 N–H and O–H groups in total. The molecular weight excluding hydrogens is 280 g/mol. The van der Waals surface area contributed by atoms with Crippen LogP contribution in [0.4, 0.5) is 5.82 Å². The van der Waals surface area contributed by atoms with Crippen LogP contribution in [0.15, 0.2) is 6.33 Å². The molecule has 0 spiro atoms.